The SMILES string of the molecule is CCC[NH+](CCC)[C@H]1C[NH2+]Cc2cc(C)ccc21. The van der Waals surface area contributed by atoms with Crippen molar-refractivity contribution in [3.63, 3.8) is 0 Å². The Labute approximate surface area is 111 Å². The summed E-state index contributed by atoms with van der Waals surface area (Å²) in [5, 5.41) is 2.48. The minimum atomic E-state index is 0.703. The van der Waals surface area contributed by atoms with Gasteiger partial charge in [-0.1, -0.05) is 31.5 Å². The van der Waals surface area contributed by atoms with Gasteiger partial charge in [-0.25, -0.2) is 0 Å². The van der Waals surface area contributed by atoms with Gasteiger partial charge in [-0.3, -0.25) is 0 Å². The van der Waals surface area contributed by atoms with Crippen LogP contribution in [0.3, 0.4) is 0 Å². The van der Waals surface area contributed by atoms with Gasteiger partial charge in [0.1, 0.15) is 13.1 Å². The number of nitrogens with one attached hydrogen (secondary N) is 1. The molecule has 2 heteroatoms. The van der Waals surface area contributed by atoms with Gasteiger partial charge in [0.25, 0.3) is 0 Å². The number of benzene rings is 1. The highest BCUT2D eigenvalue weighted by Gasteiger charge is 2.30. The summed E-state index contributed by atoms with van der Waals surface area (Å²) in [6.45, 7) is 11.8. The number of aryl methyl sites for hydroxylation is 1. The third kappa shape index (κ3) is 2.93. The highest BCUT2D eigenvalue weighted by atomic mass is 15.2. The van der Waals surface area contributed by atoms with Crippen LogP contribution in [0.25, 0.3) is 0 Å². The van der Waals surface area contributed by atoms with Gasteiger partial charge in [0.05, 0.1) is 13.1 Å². The van der Waals surface area contributed by atoms with Crippen molar-refractivity contribution < 1.29 is 10.2 Å². The fraction of sp³-hybridized carbons (Fsp3) is 0.625. The summed E-state index contributed by atoms with van der Waals surface area (Å²) in [5.74, 6) is 0. The van der Waals surface area contributed by atoms with Crippen LogP contribution >= 0.6 is 0 Å². The van der Waals surface area contributed by atoms with Crippen molar-refractivity contribution in [1.82, 2.24) is 0 Å². The van der Waals surface area contributed by atoms with E-state index in [2.05, 4.69) is 44.3 Å². The second-order valence-electron chi connectivity index (χ2n) is 5.64. The maximum absolute atomic E-state index is 2.48. The molecule has 0 bridgehead atoms. The van der Waals surface area contributed by atoms with Crippen molar-refractivity contribution in [1.29, 1.82) is 0 Å². The maximum Gasteiger partial charge on any atom is 0.163 e. The van der Waals surface area contributed by atoms with Gasteiger partial charge in [-0.2, -0.15) is 0 Å². The molecule has 2 rings (SSSR count). The van der Waals surface area contributed by atoms with Crippen LogP contribution in [-0.2, 0) is 6.54 Å². The molecule has 0 radical (unpaired) electrons. The monoisotopic (exact) mass is 248 g/mol. The smallest absolute Gasteiger partial charge is 0.163 e. The standard InChI is InChI=1S/C16H26N2/c1-4-8-18(9-5-2)16-12-17-11-14-10-13(3)6-7-15(14)16/h6-7,10,16-17H,4-5,8-9,11-12H2,1-3H3/p+2/t16-/m0/s1. The number of fused-ring (bicyclic) bond motifs is 1. The Hall–Kier alpha value is -0.860. The van der Waals surface area contributed by atoms with E-state index in [4.69, 9.17) is 0 Å². The number of nitrogens with two attached hydrogens (primary N) is 1. The van der Waals surface area contributed by atoms with Crippen LogP contribution < -0.4 is 10.2 Å². The van der Waals surface area contributed by atoms with E-state index < -0.39 is 0 Å². The molecule has 18 heavy (non-hydrogen) atoms. The Balaban J connectivity index is 2.24. The van der Waals surface area contributed by atoms with Gasteiger partial charge in [0.15, 0.2) is 6.04 Å². The lowest BCUT2D eigenvalue weighted by molar-refractivity contribution is -0.948. The average Bonchev–Trinajstić information content (AvgIpc) is 2.37. The first-order valence-electron chi connectivity index (χ1n) is 7.52. The minimum absolute atomic E-state index is 0.703. The Bertz CT molecular complexity index is 381. The van der Waals surface area contributed by atoms with E-state index in [-0.39, 0.29) is 0 Å². The molecule has 0 unspecified atom stereocenters. The molecule has 1 aromatic carbocycles. The lowest BCUT2D eigenvalue weighted by atomic mass is 9.93. The minimum Gasteiger partial charge on any atom is -0.337 e. The second kappa shape index (κ2) is 6.35. The van der Waals surface area contributed by atoms with Crippen LogP contribution in [0.2, 0.25) is 0 Å². The Kier molecular flexibility index (Phi) is 4.79. The van der Waals surface area contributed by atoms with Crippen molar-refractivity contribution in [2.24, 2.45) is 0 Å². The first-order valence-corrected chi connectivity index (χ1v) is 7.52. The summed E-state index contributed by atoms with van der Waals surface area (Å²) in [6, 6.07) is 7.75. The van der Waals surface area contributed by atoms with E-state index in [1.54, 1.807) is 16.0 Å². The molecule has 1 atom stereocenters. The van der Waals surface area contributed by atoms with Gasteiger partial charge in [0, 0.05) is 11.1 Å². The molecule has 0 aliphatic carbocycles. The molecular formula is C16H28N2+2. The molecule has 0 saturated carbocycles. The second-order valence-corrected chi connectivity index (χ2v) is 5.64. The third-order valence-corrected chi connectivity index (χ3v) is 4.08. The van der Waals surface area contributed by atoms with E-state index in [9.17, 15) is 0 Å². The molecule has 1 aromatic rings. The summed E-state index contributed by atoms with van der Waals surface area (Å²) in [7, 11) is 0. The third-order valence-electron chi connectivity index (χ3n) is 4.08. The maximum atomic E-state index is 2.48. The van der Waals surface area contributed by atoms with E-state index in [0.717, 1.165) is 0 Å². The molecule has 0 amide bonds. The lowest BCUT2D eigenvalue weighted by Gasteiger charge is -2.31. The summed E-state index contributed by atoms with van der Waals surface area (Å²) < 4.78 is 0. The van der Waals surface area contributed by atoms with E-state index in [1.807, 2.05) is 0 Å². The molecule has 0 saturated heterocycles. The number of hydrogen-bond donors (Lipinski definition) is 2. The largest absolute Gasteiger partial charge is 0.337 e. The Morgan fingerprint density at radius 1 is 1.22 bits per heavy atom. The molecule has 3 N–H and O–H groups in total. The van der Waals surface area contributed by atoms with Crippen LogP contribution in [0.5, 0.6) is 0 Å². The molecule has 0 fully saturated rings. The van der Waals surface area contributed by atoms with Crippen LogP contribution in [0.1, 0.15) is 49.4 Å². The molecule has 1 aliphatic heterocycles. The highest BCUT2D eigenvalue weighted by Crippen LogP contribution is 2.18. The number of quaternary nitrogens is 2. The summed E-state index contributed by atoms with van der Waals surface area (Å²) in [5.41, 5.74) is 4.58. The quantitative estimate of drug-likeness (QED) is 0.770. The summed E-state index contributed by atoms with van der Waals surface area (Å²) >= 11 is 0. The first kappa shape index (κ1) is 13.6. The fourth-order valence-corrected chi connectivity index (χ4v) is 3.29. The van der Waals surface area contributed by atoms with Crippen LogP contribution in [0.15, 0.2) is 18.2 Å². The molecule has 100 valence electrons. The van der Waals surface area contributed by atoms with Crippen LogP contribution in [0.4, 0.5) is 0 Å². The Morgan fingerprint density at radius 3 is 2.61 bits per heavy atom. The van der Waals surface area contributed by atoms with Crippen molar-refractivity contribution in [3.8, 4) is 0 Å². The van der Waals surface area contributed by atoms with E-state index in [1.165, 1.54) is 44.6 Å². The Morgan fingerprint density at radius 2 is 1.94 bits per heavy atom. The van der Waals surface area contributed by atoms with Gasteiger partial charge in [-0.05, 0) is 25.8 Å². The normalized spacial score (nSPS) is 19.0. The van der Waals surface area contributed by atoms with Crippen molar-refractivity contribution in [2.45, 2.75) is 46.2 Å². The van der Waals surface area contributed by atoms with Gasteiger partial charge < -0.3 is 10.2 Å². The number of rotatable bonds is 5. The predicted octanol–water partition coefficient (Wildman–Crippen LogP) is 0.818. The lowest BCUT2D eigenvalue weighted by Crippen LogP contribution is -3.15. The first-order chi connectivity index (χ1) is 8.76. The zero-order chi connectivity index (χ0) is 13.0. The van der Waals surface area contributed by atoms with E-state index in [0.29, 0.717) is 6.04 Å². The van der Waals surface area contributed by atoms with Crippen LogP contribution in [-0.4, -0.2) is 19.6 Å². The molecule has 0 aromatic heterocycles. The zero-order valence-electron chi connectivity index (χ0n) is 12.1. The van der Waals surface area contributed by atoms with Crippen molar-refractivity contribution in [3.05, 3.63) is 34.9 Å². The predicted molar refractivity (Wildman–Crippen MR) is 75.7 cm³/mol. The molecular weight excluding hydrogens is 220 g/mol. The fourth-order valence-electron chi connectivity index (χ4n) is 3.29. The van der Waals surface area contributed by atoms with E-state index >= 15 is 0 Å². The van der Waals surface area contributed by atoms with Gasteiger partial charge in [-0.15, -0.1) is 0 Å². The van der Waals surface area contributed by atoms with Crippen LogP contribution in [0, 0.1) is 6.92 Å². The molecule has 1 heterocycles. The van der Waals surface area contributed by atoms with Gasteiger partial charge >= 0.3 is 0 Å². The molecule has 1 aliphatic rings. The van der Waals surface area contributed by atoms with Crippen molar-refractivity contribution in [2.75, 3.05) is 19.6 Å². The molecule has 2 nitrogen and oxygen atoms in total. The average molecular weight is 248 g/mol. The van der Waals surface area contributed by atoms with Gasteiger partial charge in [0.2, 0.25) is 0 Å². The van der Waals surface area contributed by atoms with Crippen molar-refractivity contribution >= 4 is 0 Å². The summed E-state index contributed by atoms with van der Waals surface area (Å²) in [6.07, 6.45) is 2.57. The molecule has 0 spiro atoms. The summed E-state index contributed by atoms with van der Waals surface area (Å²) in [4.78, 5) is 1.78. The zero-order valence-corrected chi connectivity index (χ0v) is 12.1. The topological polar surface area (TPSA) is 21.1 Å². The number of hydrogen-bond acceptors (Lipinski definition) is 0. The highest BCUT2D eigenvalue weighted by molar-refractivity contribution is 5.33.